The van der Waals surface area contributed by atoms with Crippen LogP contribution in [-0.2, 0) is 9.53 Å². The lowest BCUT2D eigenvalue weighted by atomic mass is 10.3. The number of hydrogen-bond donors (Lipinski definition) is 1. The third kappa shape index (κ3) is 1.64. The van der Waals surface area contributed by atoms with E-state index >= 15 is 0 Å². The molecule has 10 heavy (non-hydrogen) atoms. The van der Waals surface area contributed by atoms with E-state index in [9.17, 15) is 4.79 Å². The average Bonchev–Trinajstić information content (AvgIpc) is 2.34. The summed E-state index contributed by atoms with van der Waals surface area (Å²) >= 11 is 1.74. The summed E-state index contributed by atoms with van der Waals surface area (Å²) in [5.41, 5.74) is 0. The fraction of sp³-hybridized carbons (Fsp3) is 0.833. The molecule has 3 nitrogen and oxygen atoms in total. The zero-order valence-electron chi connectivity index (χ0n) is 6.09. The third-order valence-corrected chi connectivity index (χ3v) is 2.60. The van der Waals surface area contributed by atoms with Crippen LogP contribution in [0.4, 0.5) is 0 Å². The molecule has 1 aliphatic rings. The van der Waals surface area contributed by atoms with Crippen LogP contribution in [0.2, 0.25) is 0 Å². The van der Waals surface area contributed by atoms with Crippen LogP contribution >= 0.6 is 11.8 Å². The number of thioether (sulfide) groups is 1. The van der Waals surface area contributed by atoms with Gasteiger partial charge in [-0.2, -0.15) is 0 Å². The van der Waals surface area contributed by atoms with Crippen molar-refractivity contribution >= 4 is 17.7 Å². The summed E-state index contributed by atoms with van der Waals surface area (Å²) in [7, 11) is 1.41. The average molecular weight is 161 g/mol. The molecule has 1 fully saturated rings. The highest BCUT2D eigenvalue weighted by Crippen LogP contribution is 2.17. The largest absolute Gasteiger partial charge is 0.468 e. The first-order valence-electron chi connectivity index (χ1n) is 3.19. The van der Waals surface area contributed by atoms with E-state index in [0.29, 0.717) is 5.37 Å². The lowest BCUT2D eigenvalue weighted by molar-refractivity contribution is -0.142. The van der Waals surface area contributed by atoms with Crippen LogP contribution in [0, 0.1) is 0 Å². The molecule has 1 N–H and O–H groups in total. The molecule has 0 aromatic heterocycles. The molecule has 0 aliphatic carbocycles. The molecule has 2 atom stereocenters. The fourth-order valence-corrected chi connectivity index (χ4v) is 1.87. The van der Waals surface area contributed by atoms with Gasteiger partial charge >= 0.3 is 5.97 Å². The van der Waals surface area contributed by atoms with Gasteiger partial charge < -0.3 is 4.74 Å². The van der Waals surface area contributed by atoms with E-state index in [1.165, 1.54) is 7.11 Å². The Hall–Kier alpha value is -0.220. The number of carbonyl (C=O) groups is 1. The highest BCUT2D eigenvalue weighted by molar-refractivity contribution is 8.00. The molecule has 0 unspecified atom stereocenters. The van der Waals surface area contributed by atoms with Crippen molar-refractivity contribution in [3.05, 3.63) is 0 Å². The standard InChI is InChI=1S/C6H11NO2S/c1-4-7-5(3-10-4)6(8)9-2/h4-5,7H,3H2,1-2H3/t4-,5+/m1/s1. The maximum Gasteiger partial charge on any atom is 0.323 e. The van der Waals surface area contributed by atoms with E-state index in [1.54, 1.807) is 11.8 Å². The van der Waals surface area contributed by atoms with Gasteiger partial charge in [-0.05, 0) is 6.92 Å². The van der Waals surface area contributed by atoms with Crippen molar-refractivity contribution in [3.8, 4) is 0 Å². The van der Waals surface area contributed by atoms with Gasteiger partial charge in [0, 0.05) is 5.75 Å². The third-order valence-electron chi connectivity index (χ3n) is 1.43. The molecular weight excluding hydrogens is 150 g/mol. The summed E-state index contributed by atoms with van der Waals surface area (Å²) in [6, 6.07) is -0.0926. The second-order valence-corrected chi connectivity index (χ2v) is 3.59. The van der Waals surface area contributed by atoms with Gasteiger partial charge in [0.25, 0.3) is 0 Å². The number of esters is 1. The van der Waals surface area contributed by atoms with Gasteiger partial charge in [-0.1, -0.05) is 0 Å². The van der Waals surface area contributed by atoms with E-state index in [1.807, 2.05) is 6.92 Å². The minimum atomic E-state index is -0.156. The number of methoxy groups -OCH3 is 1. The van der Waals surface area contributed by atoms with Crippen molar-refractivity contribution in [3.63, 3.8) is 0 Å². The highest BCUT2D eigenvalue weighted by Gasteiger charge is 2.27. The van der Waals surface area contributed by atoms with Crippen LogP contribution in [0.1, 0.15) is 6.92 Å². The van der Waals surface area contributed by atoms with Gasteiger partial charge in [0.05, 0.1) is 12.5 Å². The normalized spacial score (nSPS) is 32.2. The second kappa shape index (κ2) is 3.25. The van der Waals surface area contributed by atoms with Crippen molar-refractivity contribution in [1.29, 1.82) is 0 Å². The molecule has 0 aromatic rings. The Kier molecular flexibility index (Phi) is 2.56. The van der Waals surface area contributed by atoms with Crippen LogP contribution in [-0.4, -0.2) is 30.2 Å². The topological polar surface area (TPSA) is 38.3 Å². The van der Waals surface area contributed by atoms with Crippen molar-refractivity contribution in [1.82, 2.24) is 5.32 Å². The lowest BCUT2D eigenvalue weighted by Gasteiger charge is -2.06. The van der Waals surface area contributed by atoms with Crippen LogP contribution in [0.3, 0.4) is 0 Å². The number of hydrogen-bond acceptors (Lipinski definition) is 4. The first-order chi connectivity index (χ1) is 4.74. The van der Waals surface area contributed by atoms with Gasteiger partial charge in [0.1, 0.15) is 6.04 Å². The summed E-state index contributed by atoms with van der Waals surface area (Å²) in [4.78, 5) is 10.9. The Morgan fingerprint density at radius 2 is 2.50 bits per heavy atom. The highest BCUT2D eigenvalue weighted by atomic mass is 32.2. The summed E-state index contributed by atoms with van der Waals surface area (Å²) < 4.78 is 4.57. The van der Waals surface area contributed by atoms with E-state index < -0.39 is 0 Å². The van der Waals surface area contributed by atoms with Crippen molar-refractivity contribution in [2.24, 2.45) is 0 Å². The maximum absolute atomic E-state index is 10.9. The van der Waals surface area contributed by atoms with Gasteiger partial charge in [0.15, 0.2) is 0 Å². The molecule has 1 heterocycles. The van der Waals surface area contributed by atoms with Gasteiger partial charge in [-0.15, -0.1) is 11.8 Å². The molecule has 1 rings (SSSR count). The van der Waals surface area contributed by atoms with E-state index in [-0.39, 0.29) is 12.0 Å². The van der Waals surface area contributed by atoms with Crippen LogP contribution in [0.5, 0.6) is 0 Å². The minimum absolute atomic E-state index is 0.0926. The first-order valence-corrected chi connectivity index (χ1v) is 4.24. The Bertz CT molecular complexity index is 140. The number of ether oxygens (including phenoxy) is 1. The van der Waals surface area contributed by atoms with Crippen molar-refractivity contribution < 1.29 is 9.53 Å². The molecular formula is C6H11NO2S. The molecule has 58 valence electrons. The molecule has 0 aromatic carbocycles. The van der Waals surface area contributed by atoms with Gasteiger partial charge in [-0.25, -0.2) is 0 Å². The van der Waals surface area contributed by atoms with Crippen LogP contribution in [0.15, 0.2) is 0 Å². The molecule has 4 heteroatoms. The van der Waals surface area contributed by atoms with Crippen molar-refractivity contribution in [2.45, 2.75) is 18.3 Å². The summed E-state index contributed by atoms with van der Waals surface area (Å²) in [6.45, 7) is 2.04. The Balaban J connectivity index is 2.37. The summed E-state index contributed by atoms with van der Waals surface area (Å²) in [6.07, 6.45) is 0. The number of carbonyl (C=O) groups excluding carboxylic acids is 1. The Labute approximate surface area is 64.5 Å². The van der Waals surface area contributed by atoms with E-state index in [4.69, 9.17) is 0 Å². The predicted octanol–water partition coefficient (Wildman–Crippen LogP) is 0.210. The lowest BCUT2D eigenvalue weighted by Crippen LogP contribution is -2.36. The SMILES string of the molecule is COC(=O)[C@@H]1CS[C@H](C)N1. The second-order valence-electron chi connectivity index (χ2n) is 2.22. The monoisotopic (exact) mass is 161 g/mol. The van der Waals surface area contributed by atoms with Gasteiger partial charge in [0.2, 0.25) is 0 Å². The molecule has 0 saturated carbocycles. The van der Waals surface area contributed by atoms with Crippen molar-refractivity contribution in [2.75, 3.05) is 12.9 Å². The van der Waals surface area contributed by atoms with Gasteiger partial charge in [-0.3, -0.25) is 10.1 Å². The molecule has 0 bridgehead atoms. The van der Waals surface area contributed by atoms with Crippen LogP contribution in [0.25, 0.3) is 0 Å². The quantitative estimate of drug-likeness (QED) is 0.558. The number of rotatable bonds is 1. The summed E-state index contributed by atoms with van der Waals surface area (Å²) in [5, 5.41) is 3.47. The van der Waals surface area contributed by atoms with E-state index in [2.05, 4.69) is 10.1 Å². The van der Waals surface area contributed by atoms with E-state index in [0.717, 1.165) is 5.75 Å². The summed E-state index contributed by atoms with van der Waals surface area (Å²) in [5.74, 6) is 0.672. The molecule has 1 aliphatic heterocycles. The minimum Gasteiger partial charge on any atom is -0.468 e. The van der Waals surface area contributed by atoms with Crippen LogP contribution < -0.4 is 5.32 Å². The molecule has 0 spiro atoms. The molecule has 0 radical (unpaired) electrons. The Morgan fingerprint density at radius 1 is 1.80 bits per heavy atom. The Morgan fingerprint density at radius 3 is 2.90 bits per heavy atom. The zero-order chi connectivity index (χ0) is 7.56. The first kappa shape index (κ1) is 7.88. The number of nitrogens with one attached hydrogen (secondary N) is 1. The predicted molar refractivity (Wildman–Crippen MR) is 40.9 cm³/mol. The zero-order valence-corrected chi connectivity index (χ0v) is 6.90. The molecule has 0 amide bonds. The maximum atomic E-state index is 10.9. The fourth-order valence-electron chi connectivity index (χ4n) is 0.898. The smallest absolute Gasteiger partial charge is 0.323 e. The molecule has 1 saturated heterocycles.